The average molecular weight is 330 g/mol. The minimum atomic E-state index is -4.50. The molecule has 1 fully saturated rings. The maximum Gasteiger partial charge on any atom is 0.433 e. The Morgan fingerprint density at radius 3 is 2.96 bits per heavy atom. The lowest BCUT2D eigenvalue weighted by molar-refractivity contribution is -0.141. The second-order valence-corrected chi connectivity index (χ2v) is 5.67. The highest BCUT2D eigenvalue weighted by molar-refractivity contribution is 5.79. The molecule has 0 saturated carbocycles. The normalized spacial score (nSPS) is 18.8. The molecule has 1 N–H and O–H groups in total. The maximum absolute atomic E-state index is 12.7. The fourth-order valence-electron chi connectivity index (χ4n) is 2.56. The highest BCUT2D eigenvalue weighted by atomic mass is 19.4. The quantitative estimate of drug-likeness (QED) is 0.843. The minimum absolute atomic E-state index is 0.0332. The highest BCUT2D eigenvalue weighted by Crippen LogP contribution is 2.29. The van der Waals surface area contributed by atoms with Crippen molar-refractivity contribution in [2.75, 3.05) is 24.5 Å². The van der Waals surface area contributed by atoms with Crippen molar-refractivity contribution in [3.63, 3.8) is 0 Å². The molecule has 0 aromatic carbocycles. The number of hydrogen-bond acceptors (Lipinski definition) is 4. The molecule has 1 saturated heterocycles. The van der Waals surface area contributed by atoms with Crippen LogP contribution < -0.4 is 10.2 Å². The summed E-state index contributed by atoms with van der Waals surface area (Å²) >= 11 is 0. The Kier molecular flexibility index (Phi) is 5.79. The summed E-state index contributed by atoms with van der Waals surface area (Å²) in [6.45, 7) is 3.57. The molecule has 2 rings (SSSR count). The van der Waals surface area contributed by atoms with Gasteiger partial charge >= 0.3 is 6.18 Å². The highest BCUT2D eigenvalue weighted by Gasteiger charge is 2.34. The van der Waals surface area contributed by atoms with E-state index in [-0.39, 0.29) is 17.8 Å². The first-order valence-corrected chi connectivity index (χ1v) is 7.84. The molecule has 1 amide bonds. The molecular formula is C15H21F3N4O. The third-order valence-corrected chi connectivity index (χ3v) is 3.84. The molecule has 1 aliphatic heterocycles. The zero-order valence-corrected chi connectivity index (χ0v) is 13.1. The van der Waals surface area contributed by atoms with E-state index in [2.05, 4.69) is 15.3 Å². The Balaban J connectivity index is 2.02. The summed E-state index contributed by atoms with van der Waals surface area (Å²) in [5, 5.41) is 2.87. The summed E-state index contributed by atoms with van der Waals surface area (Å²) in [7, 11) is 0. The molecule has 8 heteroatoms. The maximum atomic E-state index is 12.7. The molecule has 1 aromatic heterocycles. The lowest BCUT2D eigenvalue weighted by Gasteiger charge is -2.32. The van der Waals surface area contributed by atoms with Crippen molar-refractivity contribution < 1.29 is 18.0 Å². The number of carbonyl (C=O) groups is 1. The molecule has 1 unspecified atom stereocenters. The van der Waals surface area contributed by atoms with Crippen LogP contribution in [0.15, 0.2) is 12.3 Å². The lowest BCUT2D eigenvalue weighted by Crippen LogP contribution is -2.44. The van der Waals surface area contributed by atoms with Gasteiger partial charge in [-0.1, -0.05) is 13.3 Å². The molecule has 5 nitrogen and oxygen atoms in total. The van der Waals surface area contributed by atoms with Gasteiger partial charge in [0, 0.05) is 25.8 Å². The molecule has 0 aliphatic carbocycles. The predicted octanol–water partition coefficient (Wildman–Crippen LogP) is 2.63. The minimum Gasteiger partial charge on any atom is -0.356 e. The van der Waals surface area contributed by atoms with E-state index in [1.54, 1.807) is 4.90 Å². The summed E-state index contributed by atoms with van der Waals surface area (Å²) in [5.74, 6) is -0.250. The Morgan fingerprint density at radius 1 is 1.48 bits per heavy atom. The van der Waals surface area contributed by atoms with Crippen molar-refractivity contribution in [1.29, 1.82) is 0 Å². The molecule has 0 bridgehead atoms. The van der Waals surface area contributed by atoms with Crippen LogP contribution in [0, 0.1) is 5.92 Å². The molecule has 1 aromatic rings. The number of alkyl halides is 3. The van der Waals surface area contributed by atoms with Gasteiger partial charge in [-0.3, -0.25) is 4.79 Å². The van der Waals surface area contributed by atoms with Gasteiger partial charge in [-0.2, -0.15) is 13.2 Å². The van der Waals surface area contributed by atoms with E-state index >= 15 is 0 Å². The van der Waals surface area contributed by atoms with Crippen LogP contribution in [0.5, 0.6) is 0 Å². The standard InChI is InChI=1S/C15H21F3N4O/c1-2-3-7-19-13(23)11-5-4-9-22(10-11)14-20-8-6-12(21-14)15(16,17)18/h6,8,11H,2-5,7,9-10H2,1H3,(H,19,23). The number of nitrogens with zero attached hydrogens (tertiary/aromatic N) is 3. The SMILES string of the molecule is CCCCNC(=O)C1CCCN(c2nccc(C(F)(F)F)n2)C1. The molecule has 0 radical (unpaired) electrons. The van der Waals surface area contributed by atoms with Crippen LogP contribution in [0.1, 0.15) is 38.3 Å². The Morgan fingerprint density at radius 2 is 2.26 bits per heavy atom. The zero-order chi connectivity index (χ0) is 16.9. The second kappa shape index (κ2) is 7.61. The van der Waals surface area contributed by atoms with Crippen LogP contribution in [0.3, 0.4) is 0 Å². The van der Waals surface area contributed by atoms with Crippen LogP contribution in [0.4, 0.5) is 19.1 Å². The van der Waals surface area contributed by atoms with E-state index in [4.69, 9.17) is 0 Å². The number of hydrogen-bond donors (Lipinski definition) is 1. The van der Waals surface area contributed by atoms with Gasteiger partial charge in [-0.15, -0.1) is 0 Å². The van der Waals surface area contributed by atoms with Crippen LogP contribution >= 0.6 is 0 Å². The van der Waals surface area contributed by atoms with E-state index in [0.717, 1.165) is 37.9 Å². The smallest absolute Gasteiger partial charge is 0.356 e. The van der Waals surface area contributed by atoms with Gasteiger partial charge in [0.05, 0.1) is 5.92 Å². The largest absolute Gasteiger partial charge is 0.433 e. The van der Waals surface area contributed by atoms with Crippen molar-refractivity contribution in [3.05, 3.63) is 18.0 Å². The third-order valence-electron chi connectivity index (χ3n) is 3.84. The number of unbranched alkanes of at least 4 members (excludes halogenated alkanes) is 1. The lowest BCUT2D eigenvalue weighted by atomic mass is 9.97. The van der Waals surface area contributed by atoms with Gasteiger partial charge in [0.1, 0.15) is 5.69 Å². The Labute approximate surface area is 133 Å². The predicted molar refractivity (Wildman–Crippen MR) is 79.9 cm³/mol. The number of amides is 1. The Hall–Kier alpha value is -1.86. The van der Waals surface area contributed by atoms with Crippen molar-refractivity contribution >= 4 is 11.9 Å². The van der Waals surface area contributed by atoms with Crippen molar-refractivity contribution in [2.45, 2.75) is 38.8 Å². The fraction of sp³-hybridized carbons (Fsp3) is 0.667. The number of piperidine rings is 1. The first-order valence-electron chi connectivity index (χ1n) is 7.84. The fourth-order valence-corrected chi connectivity index (χ4v) is 2.56. The van der Waals surface area contributed by atoms with Crippen LogP contribution in [-0.2, 0) is 11.0 Å². The Bertz CT molecular complexity index is 536. The van der Waals surface area contributed by atoms with Crippen molar-refractivity contribution in [2.24, 2.45) is 5.92 Å². The number of anilines is 1. The zero-order valence-electron chi connectivity index (χ0n) is 13.1. The van der Waals surface area contributed by atoms with E-state index in [1.807, 2.05) is 6.92 Å². The van der Waals surface area contributed by atoms with Crippen LogP contribution in [0.2, 0.25) is 0 Å². The summed E-state index contributed by atoms with van der Waals surface area (Å²) in [6.07, 6.45) is -0.0204. The molecule has 128 valence electrons. The number of halogens is 3. The third kappa shape index (κ3) is 4.80. The number of carbonyl (C=O) groups excluding carboxylic acids is 1. The van der Waals surface area contributed by atoms with Crippen molar-refractivity contribution in [3.8, 4) is 0 Å². The summed E-state index contributed by atoms with van der Waals surface area (Å²) in [4.78, 5) is 21.3. The second-order valence-electron chi connectivity index (χ2n) is 5.67. The van der Waals surface area contributed by atoms with Crippen molar-refractivity contribution in [1.82, 2.24) is 15.3 Å². The molecule has 1 atom stereocenters. The van der Waals surface area contributed by atoms with Gasteiger partial charge in [0.2, 0.25) is 11.9 Å². The first-order chi connectivity index (χ1) is 10.9. The monoisotopic (exact) mass is 330 g/mol. The summed E-state index contributed by atoms with van der Waals surface area (Å²) < 4.78 is 38.2. The van der Waals surface area contributed by atoms with E-state index in [9.17, 15) is 18.0 Å². The molecule has 1 aliphatic rings. The van der Waals surface area contributed by atoms with Gasteiger partial charge in [0.15, 0.2) is 0 Å². The van der Waals surface area contributed by atoms with Gasteiger partial charge in [-0.25, -0.2) is 9.97 Å². The number of aromatic nitrogens is 2. The molecular weight excluding hydrogens is 309 g/mol. The molecule has 0 spiro atoms. The van der Waals surface area contributed by atoms with Crippen LogP contribution in [-0.4, -0.2) is 35.5 Å². The summed E-state index contributed by atoms with van der Waals surface area (Å²) in [6, 6.07) is 0.850. The van der Waals surface area contributed by atoms with E-state index in [1.165, 1.54) is 0 Å². The molecule has 23 heavy (non-hydrogen) atoms. The van der Waals surface area contributed by atoms with Gasteiger partial charge in [-0.05, 0) is 25.3 Å². The van der Waals surface area contributed by atoms with E-state index in [0.29, 0.717) is 19.6 Å². The molecule has 2 heterocycles. The summed E-state index contributed by atoms with van der Waals surface area (Å²) in [5.41, 5.74) is -0.961. The van der Waals surface area contributed by atoms with Crippen LogP contribution in [0.25, 0.3) is 0 Å². The number of nitrogens with one attached hydrogen (secondary N) is 1. The topological polar surface area (TPSA) is 58.1 Å². The number of rotatable bonds is 5. The van der Waals surface area contributed by atoms with Gasteiger partial charge in [0.25, 0.3) is 0 Å². The first kappa shape index (κ1) is 17.5. The average Bonchev–Trinajstić information content (AvgIpc) is 2.54. The van der Waals surface area contributed by atoms with E-state index < -0.39 is 11.9 Å². The van der Waals surface area contributed by atoms with Gasteiger partial charge < -0.3 is 10.2 Å².